The van der Waals surface area contributed by atoms with Crippen molar-refractivity contribution in [3.63, 3.8) is 0 Å². The van der Waals surface area contributed by atoms with E-state index in [1.807, 2.05) is 20.8 Å². The Morgan fingerprint density at radius 3 is 1.79 bits per heavy atom. The van der Waals surface area contributed by atoms with Crippen molar-refractivity contribution in [2.45, 2.75) is 33.2 Å². The molecule has 1 rings (SSSR count). The topological polar surface area (TPSA) is 27.7 Å². The second-order valence-corrected chi connectivity index (χ2v) is 7.76. The summed E-state index contributed by atoms with van der Waals surface area (Å²) in [5, 5.41) is 0. The summed E-state index contributed by atoms with van der Waals surface area (Å²) in [6, 6.07) is 9.17. The third-order valence-electron chi connectivity index (χ3n) is 2.73. The summed E-state index contributed by atoms with van der Waals surface area (Å²) in [7, 11) is -2.50. The zero-order valence-corrected chi connectivity index (χ0v) is 14.5. The van der Waals surface area contributed by atoms with Gasteiger partial charge in [-0.15, -0.1) is 0 Å². The Kier molecular flexibility index (Phi) is 7.86. The van der Waals surface area contributed by atoms with Crippen molar-refractivity contribution in [2.24, 2.45) is 0 Å². The Bertz CT molecular complexity index is 339. The Morgan fingerprint density at radius 1 is 0.895 bits per heavy atom. The molecule has 0 aliphatic carbocycles. The lowest BCUT2D eigenvalue weighted by Gasteiger charge is -2.28. The first-order chi connectivity index (χ1) is 9.15. The van der Waals surface area contributed by atoms with Crippen LogP contribution >= 0.6 is 15.9 Å². The molecule has 1 aromatic rings. The first-order valence-corrected chi connectivity index (χ1v) is 9.54. The highest BCUT2D eigenvalue weighted by atomic mass is 79.9. The van der Waals surface area contributed by atoms with E-state index in [9.17, 15) is 0 Å². The number of hydrogen-bond donors (Lipinski definition) is 0. The Morgan fingerprint density at radius 2 is 1.37 bits per heavy atom. The molecular weight excluding hydrogens is 324 g/mol. The van der Waals surface area contributed by atoms with Gasteiger partial charge in [-0.1, -0.05) is 28.1 Å². The number of hydrogen-bond acceptors (Lipinski definition) is 3. The lowest BCUT2D eigenvalue weighted by Crippen LogP contribution is -2.46. The summed E-state index contributed by atoms with van der Waals surface area (Å²) >= 11 is 3.45. The molecule has 0 aliphatic heterocycles. The molecule has 5 heteroatoms. The average molecular weight is 347 g/mol. The summed E-state index contributed by atoms with van der Waals surface area (Å²) in [6.07, 6.45) is 0.916. The van der Waals surface area contributed by atoms with Gasteiger partial charge in [0, 0.05) is 30.3 Å². The van der Waals surface area contributed by atoms with Crippen LogP contribution in [0, 0.1) is 0 Å². The van der Waals surface area contributed by atoms with Crippen molar-refractivity contribution in [1.82, 2.24) is 0 Å². The molecule has 0 saturated heterocycles. The molecule has 0 heterocycles. The maximum Gasteiger partial charge on any atom is 0.501 e. The maximum atomic E-state index is 5.84. The molecule has 0 aliphatic rings. The van der Waals surface area contributed by atoms with Crippen molar-refractivity contribution < 1.29 is 13.3 Å². The van der Waals surface area contributed by atoms with Gasteiger partial charge >= 0.3 is 8.80 Å². The quantitative estimate of drug-likeness (QED) is 0.631. The molecule has 108 valence electrons. The van der Waals surface area contributed by atoms with Crippen molar-refractivity contribution in [3.8, 4) is 0 Å². The summed E-state index contributed by atoms with van der Waals surface area (Å²) < 4.78 is 18.6. The zero-order valence-electron chi connectivity index (χ0n) is 11.9. The van der Waals surface area contributed by atoms with Gasteiger partial charge < -0.3 is 13.3 Å². The minimum absolute atomic E-state index is 0.632. The van der Waals surface area contributed by atoms with Crippen LogP contribution in [0.3, 0.4) is 0 Å². The standard InChI is InChI=1S/C14H23BrO3Si/c1-4-16-19(17-5-2,18-6-3)12-11-13-7-9-14(15)10-8-13/h7-10H,4-6,11-12H2,1-3H3. The molecule has 0 aromatic heterocycles. The van der Waals surface area contributed by atoms with Gasteiger partial charge in [0.05, 0.1) is 0 Å². The highest BCUT2D eigenvalue weighted by molar-refractivity contribution is 9.10. The molecule has 0 fully saturated rings. The maximum absolute atomic E-state index is 5.84. The number of aryl methyl sites for hydroxylation is 1. The van der Waals surface area contributed by atoms with Crippen LogP contribution in [0.25, 0.3) is 0 Å². The molecule has 0 radical (unpaired) electrons. The van der Waals surface area contributed by atoms with E-state index < -0.39 is 8.80 Å². The smallest absolute Gasteiger partial charge is 0.374 e. The van der Waals surface area contributed by atoms with Gasteiger partial charge in [0.15, 0.2) is 0 Å². The Hall–Kier alpha value is -0.203. The SMILES string of the molecule is CCO[Si](CCc1ccc(Br)cc1)(OCC)OCC. The van der Waals surface area contributed by atoms with Crippen LogP contribution in [-0.4, -0.2) is 28.6 Å². The first kappa shape index (κ1) is 16.9. The van der Waals surface area contributed by atoms with Crippen LogP contribution in [0.5, 0.6) is 0 Å². The largest absolute Gasteiger partial charge is 0.501 e. The van der Waals surface area contributed by atoms with Gasteiger partial charge in [0.1, 0.15) is 0 Å². The van der Waals surface area contributed by atoms with Crippen LogP contribution < -0.4 is 0 Å². The summed E-state index contributed by atoms with van der Waals surface area (Å²) in [5.74, 6) is 0. The van der Waals surface area contributed by atoms with E-state index in [0.29, 0.717) is 19.8 Å². The summed E-state index contributed by atoms with van der Waals surface area (Å²) in [4.78, 5) is 0. The van der Waals surface area contributed by atoms with Gasteiger partial charge in [-0.05, 0) is 44.9 Å². The lowest BCUT2D eigenvalue weighted by atomic mass is 10.2. The van der Waals surface area contributed by atoms with Crippen molar-refractivity contribution in [3.05, 3.63) is 34.3 Å². The van der Waals surface area contributed by atoms with Crippen LogP contribution in [0.15, 0.2) is 28.7 Å². The molecule has 0 saturated carbocycles. The molecule has 0 spiro atoms. The van der Waals surface area contributed by atoms with Crippen molar-refractivity contribution in [2.75, 3.05) is 19.8 Å². The fourth-order valence-electron chi connectivity index (χ4n) is 1.95. The number of rotatable bonds is 9. The lowest BCUT2D eigenvalue weighted by molar-refractivity contribution is 0.0714. The van der Waals surface area contributed by atoms with E-state index in [-0.39, 0.29) is 0 Å². The summed E-state index contributed by atoms with van der Waals surface area (Å²) in [6.45, 7) is 7.85. The van der Waals surface area contributed by atoms with Crippen LogP contribution in [0.2, 0.25) is 6.04 Å². The highest BCUT2D eigenvalue weighted by Gasteiger charge is 2.39. The molecular formula is C14H23BrO3Si. The zero-order chi connectivity index (χ0) is 14.1. The fraction of sp³-hybridized carbons (Fsp3) is 0.571. The third-order valence-corrected chi connectivity index (χ3v) is 6.30. The Balaban J connectivity index is 2.67. The minimum atomic E-state index is -2.50. The van der Waals surface area contributed by atoms with Crippen LogP contribution in [0.1, 0.15) is 26.3 Å². The van der Waals surface area contributed by atoms with Gasteiger partial charge in [-0.2, -0.15) is 0 Å². The van der Waals surface area contributed by atoms with E-state index in [2.05, 4.69) is 40.2 Å². The van der Waals surface area contributed by atoms with Gasteiger partial charge in [0.25, 0.3) is 0 Å². The molecule has 0 amide bonds. The molecule has 0 atom stereocenters. The van der Waals surface area contributed by atoms with Gasteiger partial charge in [0.2, 0.25) is 0 Å². The fourth-order valence-corrected chi connectivity index (χ4v) is 4.81. The van der Waals surface area contributed by atoms with Gasteiger partial charge in [-0.3, -0.25) is 0 Å². The van der Waals surface area contributed by atoms with Crippen LogP contribution in [-0.2, 0) is 19.7 Å². The number of halogens is 1. The van der Waals surface area contributed by atoms with Crippen molar-refractivity contribution >= 4 is 24.7 Å². The van der Waals surface area contributed by atoms with Gasteiger partial charge in [-0.25, -0.2) is 0 Å². The first-order valence-electron chi connectivity index (χ1n) is 6.82. The molecule has 3 nitrogen and oxygen atoms in total. The van der Waals surface area contributed by atoms with Crippen molar-refractivity contribution in [1.29, 1.82) is 0 Å². The molecule has 0 bridgehead atoms. The van der Waals surface area contributed by atoms with E-state index in [1.54, 1.807) is 0 Å². The van der Waals surface area contributed by atoms with E-state index >= 15 is 0 Å². The second kappa shape index (κ2) is 8.87. The second-order valence-electron chi connectivity index (χ2n) is 4.11. The number of benzene rings is 1. The molecule has 0 N–H and O–H groups in total. The predicted molar refractivity (Wildman–Crippen MR) is 83.3 cm³/mol. The molecule has 1 aromatic carbocycles. The summed E-state index contributed by atoms with van der Waals surface area (Å²) in [5.41, 5.74) is 1.28. The van der Waals surface area contributed by atoms with E-state index in [0.717, 1.165) is 16.9 Å². The third kappa shape index (κ3) is 5.75. The normalized spacial score (nSPS) is 11.8. The predicted octanol–water partition coefficient (Wildman–Crippen LogP) is 4.04. The van der Waals surface area contributed by atoms with E-state index in [4.69, 9.17) is 13.3 Å². The monoisotopic (exact) mass is 346 g/mol. The average Bonchev–Trinajstić information content (AvgIpc) is 2.39. The van der Waals surface area contributed by atoms with Crippen LogP contribution in [0.4, 0.5) is 0 Å². The molecule has 19 heavy (non-hydrogen) atoms. The highest BCUT2D eigenvalue weighted by Crippen LogP contribution is 2.20. The van der Waals surface area contributed by atoms with E-state index in [1.165, 1.54) is 5.56 Å². The Labute approximate surface area is 125 Å². The molecule has 0 unspecified atom stereocenters. The minimum Gasteiger partial charge on any atom is -0.374 e.